The fourth-order valence-electron chi connectivity index (χ4n) is 5.50. The summed E-state index contributed by atoms with van der Waals surface area (Å²) in [5.41, 5.74) is 5.36. The largest absolute Gasteiger partial charge is 0.380 e. The van der Waals surface area contributed by atoms with E-state index in [9.17, 15) is 8.42 Å². The number of aromatic amines is 1. The molecule has 2 aliphatic rings. The highest BCUT2D eigenvalue weighted by Gasteiger charge is 2.40. The second-order valence-corrected chi connectivity index (χ2v) is 11.6. The summed E-state index contributed by atoms with van der Waals surface area (Å²) in [5, 5.41) is 4.81. The first-order valence-electron chi connectivity index (χ1n) is 12.0. The molecule has 6 nitrogen and oxygen atoms in total. The molecule has 2 aliphatic heterocycles. The maximum atomic E-state index is 12.9. The first kappa shape index (κ1) is 22.4. The van der Waals surface area contributed by atoms with E-state index < -0.39 is 10.0 Å². The minimum atomic E-state index is -3.40. The number of aromatic nitrogens is 1. The summed E-state index contributed by atoms with van der Waals surface area (Å²) in [6, 6.07) is 16.6. The van der Waals surface area contributed by atoms with Crippen molar-refractivity contribution in [1.29, 1.82) is 0 Å². The Morgan fingerprint density at radius 1 is 1.09 bits per heavy atom. The van der Waals surface area contributed by atoms with E-state index in [-0.39, 0.29) is 12.1 Å². The van der Waals surface area contributed by atoms with E-state index in [1.165, 1.54) is 36.6 Å². The SMILES string of the molecule is CCCCN1CC(Nc2ccc([C@H]3c4[nH]c5ccccc5c4C[C@@H](C)N3S(C)(=O)=O)cc2)C1. The Morgan fingerprint density at radius 3 is 2.52 bits per heavy atom. The smallest absolute Gasteiger partial charge is 0.212 e. The second-order valence-electron chi connectivity index (χ2n) is 9.69. The third-order valence-electron chi connectivity index (χ3n) is 7.07. The van der Waals surface area contributed by atoms with Crippen LogP contribution >= 0.6 is 0 Å². The van der Waals surface area contributed by atoms with Crippen LogP contribution in [0.25, 0.3) is 10.9 Å². The standard InChI is InChI=1S/C26H34N4O2S/c1-4-5-14-29-16-21(17-29)27-20-12-10-19(11-13-20)26-25-23(15-18(2)30(26)33(3,31)32)22-8-6-7-9-24(22)28-25/h6-13,18,21,26-28H,4-5,14-17H2,1-3H3/t18-,26+/m1/s1. The number of para-hydroxylation sites is 1. The summed E-state index contributed by atoms with van der Waals surface area (Å²) >= 11 is 0. The van der Waals surface area contributed by atoms with E-state index in [2.05, 4.69) is 58.5 Å². The Balaban J connectivity index is 1.43. The summed E-state index contributed by atoms with van der Waals surface area (Å²) in [5.74, 6) is 0. The van der Waals surface area contributed by atoms with Crippen molar-refractivity contribution in [3.63, 3.8) is 0 Å². The average Bonchev–Trinajstić information content (AvgIpc) is 3.12. The van der Waals surface area contributed by atoms with Crippen LogP contribution in [0.15, 0.2) is 48.5 Å². The fourth-order valence-corrected chi connectivity index (χ4v) is 6.83. The van der Waals surface area contributed by atoms with Gasteiger partial charge in [0, 0.05) is 41.4 Å². The van der Waals surface area contributed by atoms with Gasteiger partial charge in [-0.2, -0.15) is 4.31 Å². The van der Waals surface area contributed by atoms with Gasteiger partial charge in [-0.3, -0.25) is 4.90 Å². The predicted octanol–water partition coefficient (Wildman–Crippen LogP) is 4.36. The number of benzene rings is 2. The zero-order valence-corrected chi connectivity index (χ0v) is 20.5. The number of hydrogen-bond donors (Lipinski definition) is 2. The quantitative estimate of drug-likeness (QED) is 0.543. The Morgan fingerprint density at radius 2 is 1.82 bits per heavy atom. The summed E-state index contributed by atoms with van der Waals surface area (Å²) in [6.45, 7) is 7.59. The highest BCUT2D eigenvalue weighted by molar-refractivity contribution is 7.88. The predicted molar refractivity (Wildman–Crippen MR) is 135 cm³/mol. The lowest BCUT2D eigenvalue weighted by atomic mass is 9.91. The van der Waals surface area contributed by atoms with Gasteiger partial charge in [0.15, 0.2) is 0 Å². The number of nitrogens with zero attached hydrogens (tertiary/aromatic N) is 2. The third kappa shape index (κ3) is 4.29. The molecule has 2 N–H and O–H groups in total. The van der Waals surface area contributed by atoms with Gasteiger partial charge in [-0.05, 0) is 55.6 Å². The van der Waals surface area contributed by atoms with E-state index in [1.54, 1.807) is 4.31 Å². The van der Waals surface area contributed by atoms with Crippen molar-refractivity contribution >= 4 is 26.6 Å². The van der Waals surface area contributed by atoms with Gasteiger partial charge in [-0.1, -0.05) is 43.7 Å². The molecule has 1 aromatic heterocycles. The third-order valence-corrected chi connectivity index (χ3v) is 8.41. The molecule has 1 fully saturated rings. The Labute approximate surface area is 197 Å². The molecular weight excluding hydrogens is 432 g/mol. The fraction of sp³-hybridized carbons (Fsp3) is 0.462. The van der Waals surface area contributed by atoms with Gasteiger partial charge in [0.2, 0.25) is 10.0 Å². The van der Waals surface area contributed by atoms with Gasteiger partial charge in [0.1, 0.15) is 0 Å². The number of nitrogens with one attached hydrogen (secondary N) is 2. The topological polar surface area (TPSA) is 68.4 Å². The van der Waals surface area contributed by atoms with E-state index in [4.69, 9.17) is 0 Å². The maximum absolute atomic E-state index is 12.9. The molecule has 2 aromatic carbocycles. The van der Waals surface area contributed by atoms with Crippen LogP contribution in [0, 0.1) is 0 Å². The molecule has 0 amide bonds. The number of H-pyrrole nitrogens is 1. The molecule has 0 unspecified atom stereocenters. The van der Waals surface area contributed by atoms with Crippen molar-refractivity contribution in [2.24, 2.45) is 0 Å². The van der Waals surface area contributed by atoms with Gasteiger partial charge >= 0.3 is 0 Å². The molecule has 0 radical (unpaired) electrons. The van der Waals surface area contributed by atoms with Crippen molar-refractivity contribution < 1.29 is 8.42 Å². The molecule has 33 heavy (non-hydrogen) atoms. The van der Waals surface area contributed by atoms with Crippen molar-refractivity contribution in [1.82, 2.24) is 14.2 Å². The van der Waals surface area contributed by atoms with Crippen LogP contribution in [-0.4, -0.2) is 60.6 Å². The number of anilines is 1. The molecule has 3 aromatic rings. The minimum absolute atomic E-state index is 0.112. The number of sulfonamides is 1. The van der Waals surface area contributed by atoms with E-state index in [0.29, 0.717) is 12.5 Å². The van der Waals surface area contributed by atoms with Gasteiger partial charge in [-0.15, -0.1) is 0 Å². The molecule has 176 valence electrons. The van der Waals surface area contributed by atoms with Crippen LogP contribution in [0.5, 0.6) is 0 Å². The van der Waals surface area contributed by atoms with Crippen LogP contribution in [0.3, 0.4) is 0 Å². The van der Waals surface area contributed by atoms with Crippen molar-refractivity contribution in [3.8, 4) is 0 Å². The lowest BCUT2D eigenvalue weighted by molar-refractivity contribution is 0.159. The van der Waals surface area contributed by atoms with Crippen LogP contribution < -0.4 is 5.32 Å². The van der Waals surface area contributed by atoms with E-state index in [1.807, 2.05) is 19.1 Å². The lowest BCUT2D eigenvalue weighted by Gasteiger charge is -2.40. The number of hydrogen-bond acceptors (Lipinski definition) is 4. The molecule has 3 heterocycles. The van der Waals surface area contributed by atoms with Crippen LogP contribution in [0.1, 0.15) is 49.6 Å². The monoisotopic (exact) mass is 466 g/mol. The van der Waals surface area contributed by atoms with Crippen molar-refractivity contribution in [2.75, 3.05) is 31.2 Å². The Kier molecular flexibility index (Phi) is 5.97. The molecule has 0 bridgehead atoms. The summed E-state index contributed by atoms with van der Waals surface area (Å²) in [4.78, 5) is 6.03. The summed E-state index contributed by atoms with van der Waals surface area (Å²) in [7, 11) is -3.40. The van der Waals surface area contributed by atoms with Crippen LogP contribution in [0.2, 0.25) is 0 Å². The van der Waals surface area contributed by atoms with Crippen LogP contribution in [-0.2, 0) is 16.4 Å². The highest BCUT2D eigenvalue weighted by atomic mass is 32.2. The number of unbranched alkanes of at least 4 members (excludes halogenated alkanes) is 1. The molecule has 1 saturated heterocycles. The van der Waals surface area contributed by atoms with Gasteiger partial charge in [-0.25, -0.2) is 8.42 Å². The highest BCUT2D eigenvalue weighted by Crippen LogP contribution is 2.42. The van der Waals surface area contributed by atoms with Crippen molar-refractivity contribution in [3.05, 3.63) is 65.4 Å². The van der Waals surface area contributed by atoms with Crippen molar-refractivity contribution in [2.45, 2.75) is 51.2 Å². The zero-order valence-electron chi connectivity index (χ0n) is 19.7. The minimum Gasteiger partial charge on any atom is -0.380 e. The summed E-state index contributed by atoms with van der Waals surface area (Å²) < 4.78 is 27.4. The molecule has 7 heteroatoms. The Hall–Kier alpha value is -2.35. The summed E-state index contributed by atoms with van der Waals surface area (Å²) in [6.07, 6.45) is 4.52. The molecule has 5 rings (SSSR count). The second kappa shape index (κ2) is 8.78. The number of fused-ring (bicyclic) bond motifs is 3. The first-order valence-corrected chi connectivity index (χ1v) is 13.9. The molecule has 0 saturated carbocycles. The lowest BCUT2D eigenvalue weighted by Crippen LogP contribution is -2.54. The molecule has 2 atom stereocenters. The van der Waals surface area contributed by atoms with E-state index in [0.717, 1.165) is 35.6 Å². The van der Waals surface area contributed by atoms with Gasteiger partial charge < -0.3 is 10.3 Å². The number of likely N-dealkylation sites (tertiary alicyclic amines) is 1. The first-order chi connectivity index (χ1) is 15.8. The molecular formula is C26H34N4O2S. The maximum Gasteiger partial charge on any atom is 0.212 e. The normalized spacial score (nSPS) is 22.3. The van der Waals surface area contributed by atoms with Crippen LogP contribution in [0.4, 0.5) is 5.69 Å². The Bertz CT molecular complexity index is 1230. The zero-order chi connectivity index (χ0) is 23.2. The number of rotatable bonds is 7. The van der Waals surface area contributed by atoms with Gasteiger partial charge in [0.25, 0.3) is 0 Å². The molecule has 0 aliphatic carbocycles. The van der Waals surface area contributed by atoms with E-state index >= 15 is 0 Å². The molecule has 0 spiro atoms. The van der Waals surface area contributed by atoms with Gasteiger partial charge in [0.05, 0.1) is 18.3 Å². The average molecular weight is 467 g/mol.